The Labute approximate surface area is 131 Å². The fourth-order valence-corrected chi connectivity index (χ4v) is 2.39. The molecule has 2 N–H and O–H groups in total. The first-order chi connectivity index (χ1) is 10.8. The van der Waals surface area contributed by atoms with Gasteiger partial charge >= 0.3 is 5.63 Å². The van der Waals surface area contributed by atoms with E-state index in [2.05, 4.69) is 5.32 Å². The molecule has 0 aliphatic heterocycles. The van der Waals surface area contributed by atoms with Crippen LogP contribution in [0.5, 0.6) is 5.75 Å². The number of aliphatic carboxylic acids is 1. The first-order valence-corrected chi connectivity index (χ1v) is 7.02. The lowest BCUT2D eigenvalue weighted by molar-refractivity contribution is -0.305. The van der Waals surface area contributed by atoms with Crippen LogP contribution in [-0.2, 0) is 16.0 Å². The number of hydrogen-bond donors (Lipinski definition) is 2. The second-order valence-corrected chi connectivity index (χ2v) is 5.30. The molecule has 0 unspecified atom stereocenters. The summed E-state index contributed by atoms with van der Waals surface area (Å²) < 4.78 is 5.18. The van der Waals surface area contributed by atoms with Gasteiger partial charge < -0.3 is 24.7 Å². The topological polar surface area (TPSA) is 120 Å². The number of carboxylic acid groups (broad SMARTS) is 1. The number of carbonyl (C=O) groups excluding carboxylic acids is 2. The normalized spacial score (nSPS) is 10.7. The summed E-state index contributed by atoms with van der Waals surface area (Å²) in [7, 11) is 0. The maximum atomic E-state index is 12.1. The highest BCUT2D eigenvalue weighted by Gasteiger charge is 2.17. The van der Waals surface area contributed by atoms with Crippen molar-refractivity contribution in [1.82, 2.24) is 5.32 Å². The molecule has 1 heterocycles. The SMILES string of the molecule is Cc1cc(O)c2c(C)c(CC(=O)NCCC(=O)[O-])c(=O)oc2c1. The van der Waals surface area contributed by atoms with Crippen molar-refractivity contribution in [2.45, 2.75) is 26.7 Å². The molecule has 122 valence electrons. The van der Waals surface area contributed by atoms with Gasteiger partial charge in [0.15, 0.2) is 0 Å². The van der Waals surface area contributed by atoms with Gasteiger partial charge in [-0.25, -0.2) is 4.79 Å². The van der Waals surface area contributed by atoms with E-state index in [4.69, 9.17) is 4.42 Å². The minimum absolute atomic E-state index is 0.0279. The molecule has 0 bridgehead atoms. The first kappa shape index (κ1) is 16.5. The number of carbonyl (C=O) groups is 2. The third-order valence-corrected chi connectivity index (χ3v) is 3.49. The molecule has 0 aliphatic rings. The summed E-state index contributed by atoms with van der Waals surface area (Å²) in [6.07, 6.45) is -0.568. The molecule has 7 nitrogen and oxygen atoms in total. The zero-order valence-electron chi connectivity index (χ0n) is 12.8. The van der Waals surface area contributed by atoms with Crippen LogP contribution in [-0.4, -0.2) is 23.5 Å². The molecule has 1 amide bonds. The largest absolute Gasteiger partial charge is 0.550 e. The molecule has 0 radical (unpaired) electrons. The van der Waals surface area contributed by atoms with Crippen LogP contribution in [0.25, 0.3) is 11.0 Å². The Morgan fingerprint density at radius 2 is 2.00 bits per heavy atom. The van der Waals surface area contributed by atoms with Crippen LogP contribution in [0.15, 0.2) is 21.3 Å². The highest BCUT2D eigenvalue weighted by atomic mass is 16.4. The Balaban J connectivity index is 2.33. The van der Waals surface area contributed by atoms with Gasteiger partial charge in [0, 0.05) is 18.9 Å². The van der Waals surface area contributed by atoms with Crippen molar-refractivity contribution in [2.24, 2.45) is 0 Å². The highest BCUT2D eigenvalue weighted by Crippen LogP contribution is 2.29. The van der Waals surface area contributed by atoms with E-state index >= 15 is 0 Å². The van der Waals surface area contributed by atoms with Crippen LogP contribution in [0.3, 0.4) is 0 Å². The number of aryl methyl sites for hydroxylation is 2. The van der Waals surface area contributed by atoms with Crippen molar-refractivity contribution in [3.05, 3.63) is 39.2 Å². The third-order valence-electron chi connectivity index (χ3n) is 3.49. The maximum absolute atomic E-state index is 12.1. The quantitative estimate of drug-likeness (QED) is 0.744. The zero-order valence-corrected chi connectivity index (χ0v) is 12.8. The maximum Gasteiger partial charge on any atom is 0.340 e. The molecule has 0 aliphatic carbocycles. The smallest absolute Gasteiger partial charge is 0.340 e. The third kappa shape index (κ3) is 3.68. The van der Waals surface area contributed by atoms with Gasteiger partial charge in [0.05, 0.1) is 17.4 Å². The minimum Gasteiger partial charge on any atom is -0.550 e. The summed E-state index contributed by atoms with van der Waals surface area (Å²) in [4.78, 5) is 34.2. The number of amides is 1. The van der Waals surface area contributed by atoms with E-state index in [9.17, 15) is 24.6 Å². The summed E-state index contributed by atoms with van der Waals surface area (Å²) in [5.41, 5.74) is 0.929. The van der Waals surface area contributed by atoms with E-state index in [1.807, 2.05) is 0 Å². The predicted octanol–water partition coefficient (Wildman–Crippen LogP) is -0.0859. The van der Waals surface area contributed by atoms with Gasteiger partial charge in [0.1, 0.15) is 11.3 Å². The van der Waals surface area contributed by atoms with Crippen LogP contribution >= 0.6 is 0 Å². The Morgan fingerprint density at radius 3 is 2.65 bits per heavy atom. The van der Waals surface area contributed by atoms with Crippen molar-refractivity contribution in [1.29, 1.82) is 0 Å². The molecule has 7 heteroatoms. The number of aromatic hydroxyl groups is 1. The lowest BCUT2D eigenvalue weighted by Gasteiger charge is -2.10. The number of benzene rings is 1. The number of phenolic OH excluding ortho intramolecular Hbond substituents is 1. The average molecular weight is 318 g/mol. The molecular weight excluding hydrogens is 302 g/mol. The number of carboxylic acids is 1. The van der Waals surface area contributed by atoms with E-state index in [-0.39, 0.29) is 36.3 Å². The van der Waals surface area contributed by atoms with Gasteiger partial charge in [-0.1, -0.05) is 0 Å². The number of nitrogens with one attached hydrogen (secondary N) is 1. The standard InChI is InChI=1S/C16H17NO6/c1-8-5-11(18)15-9(2)10(16(22)23-12(15)6-8)7-13(19)17-4-3-14(20)21/h5-6,18H,3-4,7H2,1-2H3,(H,17,19)(H,20,21)/p-1. The zero-order chi connectivity index (χ0) is 17.1. The summed E-state index contributed by atoms with van der Waals surface area (Å²) in [6.45, 7) is 3.30. The van der Waals surface area contributed by atoms with Crippen LogP contribution < -0.4 is 16.0 Å². The molecule has 2 rings (SSSR count). The second kappa shape index (κ2) is 6.51. The molecule has 23 heavy (non-hydrogen) atoms. The Morgan fingerprint density at radius 1 is 1.30 bits per heavy atom. The second-order valence-electron chi connectivity index (χ2n) is 5.30. The van der Waals surface area contributed by atoms with E-state index < -0.39 is 17.5 Å². The molecule has 0 fully saturated rings. The lowest BCUT2D eigenvalue weighted by Crippen LogP contribution is -2.32. The Bertz CT molecular complexity index is 837. The fourth-order valence-electron chi connectivity index (χ4n) is 2.39. The van der Waals surface area contributed by atoms with Crippen LogP contribution in [0.4, 0.5) is 0 Å². The molecular formula is C16H16NO6-. The van der Waals surface area contributed by atoms with Crippen LogP contribution in [0.2, 0.25) is 0 Å². The number of hydrogen-bond acceptors (Lipinski definition) is 6. The monoisotopic (exact) mass is 318 g/mol. The van der Waals surface area contributed by atoms with E-state index in [0.29, 0.717) is 10.9 Å². The number of fused-ring (bicyclic) bond motifs is 1. The van der Waals surface area contributed by atoms with E-state index in [0.717, 1.165) is 5.56 Å². The molecule has 0 atom stereocenters. The molecule has 0 saturated carbocycles. The van der Waals surface area contributed by atoms with E-state index in [1.165, 1.54) is 0 Å². The van der Waals surface area contributed by atoms with Crippen molar-refractivity contribution in [3.63, 3.8) is 0 Å². The summed E-state index contributed by atoms with van der Waals surface area (Å²) in [5.74, 6) is -1.81. The molecule has 1 aromatic carbocycles. The molecule has 0 saturated heterocycles. The van der Waals surface area contributed by atoms with Crippen LogP contribution in [0.1, 0.15) is 23.1 Å². The van der Waals surface area contributed by atoms with Crippen molar-refractivity contribution < 1.29 is 24.2 Å². The Hall–Kier alpha value is -2.83. The van der Waals surface area contributed by atoms with Gasteiger partial charge in [0.25, 0.3) is 0 Å². The van der Waals surface area contributed by atoms with Crippen molar-refractivity contribution in [3.8, 4) is 5.75 Å². The van der Waals surface area contributed by atoms with Gasteiger partial charge in [-0.2, -0.15) is 0 Å². The molecule has 0 spiro atoms. The summed E-state index contributed by atoms with van der Waals surface area (Å²) in [5, 5.41) is 23.1. The number of phenols is 1. The predicted molar refractivity (Wildman–Crippen MR) is 80.0 cm³/mol. The summed E-state index contributed by atoms with van der Waals surface area (Å²) in [6, 6.07) is 3.17. The number of rotatable bonds is 5. The van der Waals surface area contributed by atoms with Gasteiger partial charge in [-0.05, 0) is 37.1 Å². The fraction of sp³-hybridized carbons (Fsp3) is 0.312. The first-order valence-electron chi connectivity index (χ1n) is 7.02. The Kier molecular flexibility index (Phi) is 4.68. The van der Waals surface area contributed by atoms with Crippen LogP contribution in [0, 0.1) is 13.8 Å². The van der Waals surface area contributed by atoms with Crippen molar-refractivity contribution >= 4 is 22.8 Å². The lowest BCUT2D eigenvalue weighted by atomic mass is 10.0. The van der Waals surface area contributed by atoms with E-state index in [1.54, 1.807) is 26.0 Å². The summed E-state index contributed by atoms with van der Waals surface area (Å²) >= 11 is 0. The highest BCUT2D eigenvalue weighted by molar-refractivity contribution is 5.89. The molecule has 2 aromatic rings. The van der Waals surface area contributed by atoms with Crippen molar-refractivity contribution in [2.75, 3.05) is 6.54 Å². The van der Waals surface area contributed by atoms with Gasteiger partial charge in [-0.3, -0.25) is 4.79 Å². The molecule has 1 aromatic heterocycles. The minimum atomic E-state index is -1.27. The van der Waals surface area contributed by atoms with Gasteiger partial charge in [-0.15, -0.1) is 0 Å². The van der Waals surface area contributed by atoms with Gasteiger partial charge in [0.2, 0.25) is 5.91 Å². The average Bonchev–Trinajstić information content (AvgIpc) is 2.41.